The van der Waals surface area contributed by atoms with Crippen LogP contribution < -0.4 is 10.6 Å². The number of nitrogens with zero attached hydrogens (tertiary/aromatic N) is 3. The highest BCUT2D eigenvalue weighted by Gasteiger charge is 2.29. The molecule has 1 heterocycles. The zero-order valence-electron chi connectivity index (χ0n) is 19.5. The average molecular weight is 436 g/mol. The Morgan fingerprint density at radius 3 is 2.44 bits per heavy atom. The first kappa shape index (κ1) is 23.8. The number of carbonyl (C=O) groups excluding carboxylic acids is 1. The van der Waals surface area contributed by atoms with E-state index in [9.17, 15) is 4.79 Å². The Kier molecular flexibility index (Phi) is 9.57. The molecule has 2 aromatic rings. The molecule has 0 spiro atoms. The number of nitrogens with one attached hydrogen (secondary N) is 2. The largest absolute Gasteiger partial charge is 0.357 e. The number of benzene rings is 2. The van der Waals surface area contributed by atoms with E-state index in [2.05, 4.69) is 65.9 Å². The van der Waals surface area contributed by atoms with Crippen molar-refractivity contribution in [3.8, 4) is 0 Å². The van der Waals surface area contributed by atoms with Crippen molar-refractivity contribution in [2.24, 2.45) is 10.9 Å². The minimum atomic E-state index is 0.252. The minimum absolute atomic E-state index is 0.252. The summed E-state index contributed by atoms with van der Waals surface area (Å²) in [6.07, 6.45) is 1.50. The third-order valence-corrected chi connectivity index (χ3v) is 5.74. The monoisotopic (exact) mass is 435 g/mol. The molecule has 1 aliphatic rings. The van der Waals surface area contributed by atoms with E-state index in [0.29, 0.717) is 13.0 Å². The van der Waals surface area contributed by atoms with Crippen LogP contribution in [0.1, 0.15) is 24.5 Å². The number of hydrogen-bond donors (Lipinski definition) is 2. The number of guanidine groups is 1. The molecule has 1 amide bonds. The van der Waals surface area contributed by atoms with Gasteiger partial charge in [0.25, 0.3) is 0 Å². The van der Waals surface area contributed by atoms with Crippen LogP contribution >= 0.6 is 0 Å². The highest BCUT2D eigenvalue weighted by atomic mass is 16.2. The SMILES string of the molecule is CCNC(=NCC1CC(=O)N(CCc2ccccc2)C1)NCCN(C)Cc1ccccc1. The number of carbonyl (C=O) groups is 1. The van der Waals surface area contributed by atoms with Crippen molar-refractivity contribution >= 4 is 11.9 Å². The number of likely N-dealkylation sites (tertiary alicyclic amines) is 1. The smallest absolute Gasteiger partial charge is 0.223 e. The summed E-state index contributed by atoms with van der Waals surface area (Å²) in [5.41, 5.74) is 2.59. The van der Waals surface area contributed by atoms with Gasteiger partial charge in [-0.15, -0.1) is 0 Å². The van der Waals surface area contributed by atoms with Gasteiger partial charge in [0.2, 0.25) is 5.91 Å². The van der Waals surface area contributed by atoms with E-state index in [1.165, 1.54) is 11.1 Å². The van der Waals surface area contributed by atoms with Crippen LogP contribution in [0.5, 0.6) is 0 Å². The van der Waals surface area contributed by atoms with E-state index < -0.39 is 0 Å². The fourth-order valence-corrected chi connectivity index (χ4v) is 4.00. The lowest BCUT2D eigenvalue weighted by Crippen LogP contribution is -2.41. The van der Waals surface area contributed by atoms with Crippen LogP contribution in [-0.2, 0) is 17.8 Å². The molecule has 172 valence electrons. The molecule has 2 aromatic carbocycles. The second-order valence-electron chi connectivity index (χ2n) is 8.52. The molecule has 0 bridgehead atoms. The summed E-state index contributed by atoms with van der Waals surface area (Å²) in [6, 6.07) is 20.9. The fourth-order valence-electron chi connectivity index (χ4n) is 4.00. The van der Waals surface area contributed by atoms with Crippen LogP contribution in [0.3, 0.4) is 0 Å². The predicted octanol–water partition coefficient (Wildman–Crippen LogP) is 2.76. The Labute approximate surface area is 192 Å². The van der Waals surface area contributed by atoms with Crippen molar-refractivity contribution in [1.29, 1.82) is 0 Å². The molecule has 0 aliphatic carbocycles. The van der Waals surface area contributed by atoms with Crippen LogP contribution in [0.25, 0.3) is 0 Å². The summed E-state index contributed by atoms with van der Waals surface area (Å²) in [5.74, 6) is 1.37. The second kappa shape index (κ2) is 12.9. The molecule has 0 aromatic heterocycles. The first-order chi connectivity index (χ1) is 15.6. The first-order valence-corrected chi connectivity index (χ1v) is 11.7. The molecule has 0 radical (unpaired) electrons. The Morgan fingerprint density at radius 2 is 1.75 bits per heavy atom. The third kappa shape index (κ3) is 8.00. The third-order valence-electron chi connectivity index (χ3n) is 5.74. The molecule has 1 aliphatic heterocycles. The molecule has 6 heteroatoms. The average Bonchev–Trinajstić information content (AvgIpc) is 3.17. The van der Waals surface area contributed by atoms with Crippen LogP contribution in [0.15, 0.2) is 65.7 Å². The molecule has 1 atom stereocenters. The second-order valence-corrected chi connectivity index (χ2v) is 8.52. The maximum Gasteiger partial charge on any atom is 0.223 e. The molecule has 1 fully saturated rings. The molecule has 1 saturated heterocycles. The van der Waals surface area contributed by atoms with Gasteiger partial charge >= 0.3 is 0 Å². The zero-order valence-corrected chi connectivity index (χ0v) is 19.5. The molecule has 1 unspecified atom stereocenters. The highest BCUT2D eigenvalue weighted by Crippen LogP contribution is 2.18. The van der Waals surface area contributed by atoms with Gasteiger partial charge in [-0.3, -0.25) is 9.79 Å². The van der Waals surface area contributed by atoms with E-state index in [1.807, 2.05) is 29.2 Å². The molecular formula is C26H37N5O. The van der Waals surface area contributed by atoms with E-state index in [4.69, 9.17) is 4.99 Å². The molecule has 0 saturated carbocycles. The van der Waals surface area contributed by atoms with E-state index in [1.54, 1.807) is 0 Å². The molecular weight excluding hydrogens is 398 g/mol. The highest BCUT2D eigenvalue weighted by molar-refractivity contribution is 5.80. The van der Waals surface area contributed by atoms with Crippen LogP contribution in [0.4, 0.5) is 0 Å². The number of likely N-dealkylation sites (N-methyl/N-ethyl adjacent to an activating group) is 1. The fraction of sp³-hybridized carbons (Fsp3) is 0.462. The summed E-state index contributed by atoms with van der Waals surface area (Å²) >= 11 is 0. The Bertz CT molecular complexity index is 840. The maximum absolute atomic E-state index is 12.4. The Hall–Kier alpha value is -2.86. The van der Waals surface area contributed by atoms with Gasteiger partial charge in [-0.2, -0.15) is 0 Å². The minimum Gasteiger partial charge on any atom is -0.357 e. The molecule has 6 nitrogen and oxygen atoms in total. The van der Waals surface area contributed by atoms with Crippen LogP contribution in [-0.4, -0.2) is 68.0 Å². The van der Waals surface area contributed by atoms with Crippen LogP contribution in [0.2, 0.25) is 0 Å². The summed E-state index contributed by atoms with van der Waals surface area (Å²) in [6.45, 7) is 7.82. The lowest BCUT2D eigenvalue weighted by molar-refractivity contribution is -0.127. The maximum atomic E-state index is 12.4. The lowest BCUT2D eigenvalue weighted by atomic mass is 10.1. The number of rotatable bonds is 11. The Balaban J connectivity index is 1.40. The zero-order chi connectivity index (χ0) is 22.6. The van der Waals surface area contributed by atoms with Gasteiger partial charge in [-0.05, 0) is 31.5 Å². The van der Waals surface area contributed by atoms with Gasteiger partial charge in [0.15, 0.2) is 5.96 Å². The summed E-state index contributed by atoms with van der Waals surface area (Å²) in [7, 11) is 2.13. The van der Waals surface area contributed by atoms with Crippen molar-refractivity contribution in [1.82, 2.24) is 20.4 Å². The predicted molar refractivity (Wildman–Crippen MR) is 132 cm³/mol. The lowest BCUT2D eigenvalue weighted by Gasteiger charge is -2.19. The molecule has 3 rings (SSSR count). The summed E-state index contributed by atoms with van der Waals surface area (Å²) in [5, 5.41) is 6.75. The molecule has 32 heavy (non-hydrogen) atoms. The van der Waals surface area contributed by atoms with Crippen molar-refractivity contribution in [3.05, 3.63) is 71.8 Å². The summed E-state index contributed by atoms with van der Waals surface area (Å²) < 4.78 is 0. The van der Waals surface area contributed by atoms with Gasteiger partial charge in [-0.25, -0.2) is 0 Å². The van der Waals surface area contributed by atoms with Crippen molar-refractivity contribution < 1.29 is 4.79 Å². The van der Waals surface area contributed by atoms with E-state index in [-0.39, 0.29) is 11.8 Å². The number of hydrogen-bond acceptors (Lipinski definition) is 3. The molecule has 2 N–H and O–H groups in total. The quantitative estimate of drug-likeness (QED) is 0.421. The normalized spacial score (nSPS) is 16.6. The van der Waals surface area contributed by atoms with Crippen molar-refractivity contribution in [2.45, 2.75) is 26.3 Å². The van der Waals surface area contributed by atoms with E-state index >= 15 is 0 Å². The van der Waals surface area contributed by atoms with Gasteiger partial charge in [-0.1, -0.05) is 60.7 Å². The number of amides is 1. The Morgan fingerprint density at radius 1 is 1.06 bits per heavy atom. The topological polar surface area (TPSA) is 60.0 Å². The van der Waals surface area contributed by atoms with E-state index in [0.717, 1.165) is 51.6 Å². The standard InChI is InChI=1S/C26H37N5O/c1-3-27-26(28-15-17-30(2)20-23-12-8-5-9-13-23)29-19-24-18-25(32)31(21-24)16-14-22-10-6-4-7-11-22/h4-13,24H,3,14-21H2,1-2H3,(H2,27,28,29). The van der Waals surface area contributed by atoms with Crippen molar-refractivity contribution in [3.63, 3.8) is 0 Å². The summed E-state index contributed by atoms with van der Waals surface area (Å²) in [4.78, 5) is 21.5. The van der Waals surface area contributed by atoms with Gasteiger partial charge < -0.3 is 20.4 Å². The van der Waals surface area contributed by atoms with Gasteiger partial charge in [0, 0.05) is 58.2 Å². The number of aliphatic imine (C=N–C) groups is 1. The van der Waals surface area contributed by atoms with Crippen LogP contribution in [0, 0.1) is 5.92 Å². The van der Waals surface area contributed by atoms with Gasteiger partial charge in [0.1, 0.15) is 0 Å². The van der Waals surface area contributed by atoms with Gasteiger partial charge in [0.05, 0.1) is 0 Å². The first-order valence-electron chi connectivity index (χ1n) is 11.7. The van der Waals surface area contributed by atoms with Crippen molar-refractivity contribution in [2.75, 3.05) is 46.3 Å².